The Morgan fingerprint density at radius 3 is 0.937 bits per heavy atom. The highest BCUT2D eigenvalue weighted by atomic mass is 16.6. The van der Waals surface area contributed by atoms with Crippen LogP contribution in [0.15, 0.2) is 36.5 Å². The molecule has 0 aliphatic heterocycles. The van der Waals surface area contributed by atoms with Crippen LogP contribution in [0.4, 0.5) is 0 Å². The molecule has 0 heterocycles. The predicted octanol–water partition coefficient (Wildman–Crippen LogP) is 18.1. The minimum absolute atomic E-state index is 0.0762. The van der Waals surface area contributed by atoms with E-state index in [9.17, 15) is 14.4 Å². The molecule has 6 nitrogen and oxygen atoms in total. The quantitative estimate of drug-likeness (QED) is 0.0262. The second-order valence-corrected chi connectivity index (χ2v) is 18.5. The van der Waals surface area contributed by atoms with E-state index in [0.717, 1.165) is 83.5 Å². The average molecular weight is 885 g/mol. The highest BCUT2D eigenvalue weighted by Gasteiger charge is 2.19. The summed E-state index contributed by atoms with van der Waals surface area (Å²) in [5.74, 6) is -0.882. The van der Waals surface area contributed by atoms with Crippen molar-refractivity contribution in [2.24, 2.45) is 0 Å². The molecule has 0 unspecified atom stereocenters. The molecule has 1 atom stereocenters. The van der Waals surface area contributed by atoms with Crippen LogP contribution in [-0.2, 0) is 28.6 Å². The summed E-state index contributed by atoms with van der Waals surface area (Å²) < 4.78 is 16.8. The summed E-state index contributed by atoms with van der Waals surface area (Å²) in [4.78, 5) is 38.0. The Bertz CT molecular complexity index is 1060. The molecule has 0 aliphatic carbocycles. The third-order valence-corrected chi connectivity index (χ3v) is 12.1. The maximum absolute atomic E-state index is 12.8. The minimum atomic E-state index is -0.777. The lowest BCUT2D eigenvalue weighted by Gasteiger charge is -2.18. The molecule has 0 aromatic heterocycles. The van der Waals surface area contributed by atoms with Gasteiger partial charge in [0.05, 0.1) is 0 Å². The monoisotopic (exact) mass is 885 g/mol. The highest BCUT2D eigenvalue weighted by Crippen LogP contribution is 2.16. The van der Waals surface area contributed by atoms with Crippen molar-refractivity contribution in [2.45, 2.75) is 297 Å². The first-order chi connectivity index (χ1) is 31.0. The Balaban J connectivity index is 4.33. The van der Waals surface area contributed by atoms with Crippen molar-refractivity contribution in [3.63, 3.8) is 0 Å². The van der Waals surface area contributed by atoms with Gasteiger partial charge >= 0.3 is 17.9 Å². The predicted molar refractivity (Wildman–Crippen MR) is 270 cm³/mol. The van der Waals surface area contributed by atoms with Crippen LogP contribution in [0.1, 0.15) is 290 Å². The van der Waals surface area contributed by atoms with Crippen molar-refractivity contribution < 1.29 is 28.6 Å². The van der Waals surface area contributed by atoms with Gasteiger partial charge in [-0.05, 0) is 70.6 Å². The molecule has 0 bridgehead atoms. The molecule has 0 aromatic rings. The van der Waals surface area contributed by atoms with Gasteiger partial charge < -0.3 is 14.2 Å². The van der Waals surface area contributed by atoms with Gasteiger partial charge in [-0.1, -0.05) is 237 Å². The third kappa shape index (κ3) is 50.5. The van der Waals surface area contributed by atoms with Crippen LogP contribution in [0.25, 0.3) is 0 Å². The number of esters is 3. The summed E-state index contributed by atoms with van der Waals surface area (Å²) in [6.45, 7) is 6.61. The Morgan fingerprint density at radius 2 is 0.587 bits per heavy atom. The lowest BCUT2D eigenvalue weighted by Crippen LogP contribution is -2.30. The molecule has 63 heavy (non-hydrogen) atoms. The van der Waals surface area contributed by atoms with Crippen LogP contribution in [-0.4, -0.2) is 37.2 Å². The van der Waals surface area contributed by atoms with Crippen molar-refractivity contribution in [1.82, 2.24) is 0 Å². The molecule has 368 valence electrons. The summed E-state index contributed by atoms with van der Waals surface area (Å²) in [5.41, 5.74) is 0. The maximum atomic E-state index is 12.8. The van der Waals surface area contributed by atoms with E-state index in [4.69, 9.17) is 14.2 Å². The first-order valence-corrected chi connectivity index (χ1v) is 27.5. The molecule has 0 saturated carbocycles. The number of allylic oxidation sites excluding steroid dienone is 6. The standard InChI is InChI=1S/C57H104O6/c1-4-7-10-13-16-19-22-25-27-28-29-30-31-33-35-38-41-44-47-50-56(59)62-53-54(52-61-55(58)49-46-43-40-37-34-24-21-18-15-12-9-6-3)63-57(60)51-48-45-42-39-36-32-26-23-20-17-14-11-8-5-2/h14,17,23,26,28-29,54H,4-13,15-16,18-22,24-25,27,30-53H2,1-3H3/b17-14-,26-23-,29-28-/t54-/m1/s1. The number of rotatable bonds is 50. The molecule has 0 fully saturated rings. The fourth-order valence-electron chi connectivity index (χ4n) is 7.93. The maximum Gasteiger partial charge on any atom is 0.306 e. The largest absolute Gasteiger partial charge is 0.462 e. The van der Waals surface area contributed by atoms with Crippen molar-refractivity contribution in [3.8, 4) is 0 Å². The molecular formula is C57H104O6. The van der Waals surface area contributed by atoms with E-state index < -0.39 is 6.10 Å². The fourth-order valence-corrected chi connectivity index (χ4v) is 7.93. The second-order valence-electron chi connectivity index (χ2n) is 18.5. The van der Waals surface area contributed by atoms with E-state index in [2.05, 4.69) is 57.2 Å². The molecule has 0 amide bonds. The number of ether oxygens (including phenoxy) is 3. The Labute approximate surface area is 391 Å². The topological polar surface area (TPSA) is 78.9 Å². The normalized spacial score (nSPS) is 12.2. The van der Waals surface area contributed by atoms with E-state index in [0.29, 0.717) is 19.3 Å². The molecule has 0 N–H and O–H groups in total. The number of hydrogen-bond donors (Lipinski definition) is 0. The molecule has 0 aliphatic rings. The van der Waals surface area contributed by atoms with Gasteiger partial charge in [-0.25, -0.2) is 0 Å². The van der Waals surface area contributed by atoms with Gasteiger partial charge in [-0.15, -0.1) is 0 Å². The van der Waals surface area contributed by atoms with Crippen molar-refractivity contribution in [3.05, 3.63) is 36.5 Å². The fraction of sp³-hybridized carbons (Fsp3) is 0.842. The van der Waals surface area contributed by atoms with Crippen LogP contribution in [0, 0.1) is 0 Å². The highest BCUT2D eigenvalue weighted by molar-refractivity contribution is 5.71. The van der Waals surface area contributed by atoms with Crippen molar-refractivity contribution in [2.75, 3.05) is 13.2 Å². The zero-order valence-electron chi connectivity index (χ0n) is 42.1. The van der Waals surface area contributed by atoms with Gasteiger partial charge in [0.25, 0.3) is 0 Å². The Hall–Kier alpha value is -2.37. The van der Waals surface area contributed by atoms with E-state index in [-0.39, 0.29) is 31.1 Å². The SMILES string of the molecule is CCCC/C=C\C/C=C\CCCCCCCC(=O)O[C@@H](COC(=O)CCCCCCCCC/C=C\CCCCCCCCCC)COC(=O)CCCCCCCCCCCCCC. The van der Waals surface area contributed by atoms with E-state index in [1.165, 1.54) is 167 Å². The molecule has 0 saturated heterocycles. The van der Waals surface area contributed by atoms with Crippen molar-refractivity contribution >= 4 is 17.9 Å². The zero-order chi connectivity index (χ0) is 45.8. The number of unbranched alkanes of at least 4 members (excludes halogenated alkanes) is 33. The van der Waals surface area contributed by atoms with Crippen LogP contribution >= 0.6 is 0 Å². The van der Waals surface area contributed by atoms with Gasteiger partial charge in [-0.2, -0.15) is 0 Å². The Morgan fingerprint density at radius 1 is 0.317 bits per heavy atom. The number of carbonyl (C=O) groups is 3. The Kier molecular flexibility index (Phi) is 50.3. The molecule has 6 heteroatoms. The van der Waals surface area contributed by atoms with Gasteiger partial charge in [0.15, 0.2) is 6.10 Å². The summed E-state index contributed by atoms with van der Waals surface area (Å²) in [7, 11) is 0. The number of hydrogen-bond acceptors (Lipinski definition) is 6. The minimum Gasteiger partial charge on any atom is -0.462 e. The summed E-state index contributed by atoms with van der Waals surface area (Å²) >= 11 is 0. The average Bonchev–Trinajstić information content (AvgIpc) is 3.28. The zero-order valence-corrected chi connectivity index (χ0v) is 42.1. The van der Waals surface area contributed by atoms with E-state index in [1.54, 1.807) is 0 Å². The van der Waals surface area contributed by atoms with Gasteiger partial charge in [-0.3, -0.25) is 14.4 Å². The van der Waals surface area contributed by atoms with Crippen LogP contribution in [0.2, 0.25) is 0 Å². The molecule has 0 rings (SSSR count). The molecule has 0 aromatic carbocycles. The van der Waals surface area contributed by atoms with Crippen LogP contribution in [0.3, 0.4) is 0 Å². The van der Waals surface area contributed by atoms with Crippen molar-refractivity contribution in [1.29, 1.82) is 0 Å². The second kappa shape index (κ2) is 52.3. The third-order valence-electron chi connectivity index (χ3n) is 12.1. The lowest BCUT2D eigenvalue weighted by molar-refractivity contribution is -0.167. The van der Waals surface area contributed by atoms with Gasteiger partial charge in [0, 0.05) is 19.3 Å². The summed E-state index contributed by atoms with van der Waals surface area (Å²) in [6, 6.07) is 0. The van der Waals surface area contributed by atoms with Gasteiger partial charge in [0.2, 0.25) is 0 Å². The first kappa shape index (κ1) is 60.6. The number of carbonyl (C=O) groups excluding carboxylic acids is 3. The summed E-state index contributed by atoms with van der Waals surface area (Å²) in [6.07, 6.45) is 61.3. The molecular weight excluding hydrogens is 781 g/mol. The van der Waals surface area contributed by atoms with Gasteiger partial charge in [0.1, 0.15) is 13.2 Å². The molecule has 0 spiro atoms. The molecule has 0 radical (unpaired) electrons. The van der Waals surface area contributed by atoms with E-state index in [1.807, 2.05) is 0 Å². The smallest absolute Gasteiger partial charge is 0.306 e. The van der Waals surface area contributed by atoms with E-state index >= 15 is 0 Å². The van der Waals surface area contributed by atoms with Crippen LogP contribution in [0.5, 0.6) is 0 Å². The lowest BCUT2D eigenvalue weighted by atomic mass is 10.0. The summed E-state index contributed by atoms with van der Waals surface area (Å²) in [5, 5.41) is 0. The van der Waals surface area contributed by atoms with Crippen LogP contribution < -0.4 is 0 Å². The first-order valence-electron chi connectivity index (χ1n) is 27.5.